The zero-order valence-electron chi connectivity index (χ0n) is 12.4. The third kappa shape index (κ3) is 3.13. The van der Waals surface area contributed by atoms with E-state index >= 15 is 0 Å². The fourth-order valence-electron chi connectivity index (χ4n) is 2.94. The highest BCUT2D eigenvalue weighted by atomic mass is 16.7. The molecule has 1 aromatic carbocycles. The lowest BCUT2D eigenvalue weighted by molar-refractivity contribution is -0.133. The molecule has 0 aliphatic carbocycles. The summed E-state index contributed by atoms with van der Waals surface area (Å²) in [6.07, 6.45) is 2.80. The van der Waals surface area contributed by atoms with Crippen molar-refractivity contribution in [1.29, 1.82) is 0 Å². The predicted molar refractivity (Wildman–Crippen MR) is 79.4 cm³/mol. The summed E-state index contributed by atoms with van der Waals surface area (Å²) in [7, 11) is 0. The van der Waals surface area contributed by atoms with Crippen molar-refractivity contribution in [1.82, 2.24) is 10.2 Å². The predicted octanol–water partition coefficient (Wildman–Crippen LogP) is 2.08. The first-order valence-electron chi connectivity index (χ1n) is 7.68. The third-order valence-electron chi connectivity index (χ3n) is 4.07. The van der Waals surface area contributed by atoms with Gasteiger partial charge in [-0.05, 0) is 37.1 Å². The van der Waals surface area contributed by atoms with Gasteiger partial charge in [-0.15, -0.1) is 0 Å². The van der Waals surface area contributed by atoms with Gasteiger partial charge >= 0.3 is 0 Å². The normalized spacial score (nSPS) is 18.9. The van der Waals surface area contributed by atoms with Crippen LogP contribution in [0.15, 0.2) is 18.2 Å². The van der Waals surface area contributed by atoms with Crippen LogP contribution in [-0.2, 0) is 4.79 Å². The van der Waals surface area contributed by atoms with E-state index in [1.54, 1.807) is 0 Å². The second-order valence-electron chi connectivity index (χ2n) is 5.52. The van der Waals surface area contributed by atoms with E-state index in [0.717, 1.165) is 43.0 Å². The number of fused-ring (bicyclic) bond motifs is 1. The van der Waals surface area contributed by atoms with Crippen LogP contribution >= 0.6 is 0 Å². The van der Waals surface area contributed by atoms with Gasteiger partial charge in [0.1, 0.15) is 0 Å². The fraction of sp³-hybridized carbons (Fsp3) is 0.562. The summed E-state index contributed by atoms with van der Waals surface area (Å²) in [5.74, 6) is 1.85. The number of carbonyl (C=O) groups is 1. The largest absolute Gasteiger partial charge is 0.454 e. The Balaban J connectivity index is 1.75. The van der Waals surface area contributed by atoms with Gasteiger partial charge in [0.15, 0.2) is 11.5 Å². The minimum absolute atomic E-state index is 0.131. The van der Waals surface area contributed by atoms with E-state index in [2.05, 4.69) is 18.3 Å². The number of piperidine rings is 1. The van der Waals surface area contributed by atoms with Gasteiger partial charge in [-0.1, -0.05) is 13.0 Å². The number of rotatable bonds is 5. The summed E-state index contributed by atoms with van der Waals surface area (Å²) >= 11 is 0. The van der Waals surface area contributed by atoms with E-state index < -0.39 is 0 Å². The average Bonchev–Trinajstić information content (AvgIpc) is 2.96. The van der Waals surface area contributed by atoms with Gasteiger partial charge in [-0.3, -0.25) is 4.79 Å². The molecule has 1 N–H and O–H groups in total. The SMILES string of the molecule is CCNC(CN1CCCCC1=O)c1ccc2c(c1)OCO2. The summed E-state index contributed by atoms with van der Waals surface area (Å²) < 4.78 is 10.8. The smallest absolute Gasteiger partial charge is 0.231 e. The molecule has 0 radical (unpaired) electrons. The molecule has 5 nitrogen and oxygen atoms in total. The first-order valence-corrected chi connectivity index (χ1v) is 7.68. The molecule has 5 heteroatoms. The van der Waals surface area contributed by atoms with Crippen molar-refractivity contribution in [2.75, 3.05) is 26.4 Å². The first kappa shape index (κ1) is 14.2. The van der Waals surface area contributed by atoms with Crippen molar-refractivity contribution < 1.29 is 14.3 Å². The number of benzene rings is 1. The molecular formula is C16H22N2O3. The van der Waals surface area contributed by atoms with E-state index in [1.807, 2.05) is 17.0 Å². The number of amides is 1. The molecule has 21 heavy (non-hydrogen) atoms. The minimum atomic E-state index is 0.131. The Kier molecular flexibility index (Phi) is 4.29. The number of hydrogen-bond acceptors (Lipinski definition) is 4. The molecule has 0 saturated carbocycles. The van der Waals surface area contributed by atoms with Crippen molar-refractivity contribution in [2.45, 2.75) is 32.2 Å². The van der Waals surface area contributed by atoms with Crippen molar-refractivity contribution in [3.63, 3.8) is 0 Å². The van der Waals surface area contributed by atoms with Gasteiger partial charge in [0, 0.05) is 19.5 Å². The molecule has 1 atom stereocenters. The monoisotopic (exact) mass is 290 g/mol. The van der Waals surface area contributed by atoms with Crippen molar-refractivity contribution in [2.24, 2.45) is 0 Å². The minimum Gasteiger partial charge on any atom is -0.454 e. The molecule has 1 amide bonds. The van der Waals surface area contributed by atoms with E-state index in [0.29, 0.717) is 13.0 Å². The first-order chi connectivity index (χ1) is 10.3. The van der Waals surface area contributed by atoms with Gasteiger partial charge < -0.3 is 19.7 Å². The molecule has 0 bridgehead atoms. The Morgan fingerprint density at radius 3 is 2.95 bits per heavy atom. The maximum Gasteiger partial charge on any atom is 0.231 e. The molecule has 1 unspecified atom stereocenters. The highest BCUT2D eigenvalue weighted by molar-refractivity contribution is 5.76. The Bertz CT molecular complexity index is 518. The quantitative estimate of drug-likeness (QED) is 0.902. The third-order valence-corrected chi connectivity index (χ3v) is 4.07. The number of nitrogens with zero attached hydrogens (tertiary/aromatic N) is 1. The standard InChI is InChI=1S/C16H22N2O3/c1-2-17-13(10-18-8-4-3-5-16(18)19)12-6-7-14-15(9-12)21-11-20-14/h6-7,9,13,17H,2-5,8,10-11H2,1H3. The van der Waals surface area contributed by atoms with Gasteiger partial charge in [0.05, 0.1) is 6.04 Å². The van der Waals surface area contributed by atoms with Crippen molar-refractivity contribution in [3.8, 4) is 11.5 Å². The number of likely N-dealkylation sites (tertiary alicyclic amines) is 1. The molecule has 2 heterocycles. The molecule has 2 aliphatic rings. The van der Waals surface area contributed by atoms with Gasteiger partial charge in [-0.2, -0.15) is 0 Å². The van der Waals surface area contributed by atoms with Crippen molar-refractivity contribution in [3.05, 3.63) is 23.8 Å². The Morgan fingerprint density at radius 1 is 1.29 bits per heavy atom. The number of carbonyl (C=O) groups excluding carboxylic acids is 1. The number of ether oxygens (including phenoxy) is 2. The second kappa shape index (κ2) is 6.35. The van der Waals surface area contributed by atoms with Crippen LogP contribution < -0.4 is 14.8 Å². The zero-order valence-corrected chi connectivity index (χ0v) is 12.4. The average molecular weight is 290 g/mol. The van der Waals surface area contributed by atoms with Gasteiger partial charge in [0.25, 0.3) is 0 Å². The van der Waals surface area contributed by atoms with Crippen LogP contribution in [-0.4, -0.2) is 37.2 Å². The highest BCUT2D eigenvalue weighted by Crippen LogP contribution is 2.34. The number of nitrogens with one attached hydrogen (secondary N) is 1. The number of hydrogen-bond donors (Lipinski definition) is 1. The number of likely N-dealkylation sites (N-methyl/N-ethyl adjacent to an activating group) is 1. The van der Waals surface area contributed by atoms with Gasteiger partial charge in [-0.25, -0.2) is 0 Å². The Hall–Kier alpha value is -1.75. The molecule has 0 aromatic heterocycles. The maximum atomic E-state index is 12.0. The zero-order chi connectivity index (χ0) is 14.7. The van der Waals surface area contributed by atoms with Crippen LogP contribution in [0.5, 0.6) is 11.5 Å². The Morgan fingerprint density at radius 2 is 2.14 bits per heavy atom. The van der Waals surface area contributed by atoms with Crippen LogP contribution in [0.4, 0.5) is 0 Å². The molecule has 3 rings (SSSR count). The fourth-order valence-corrected chi connectivity index (χ4v) is 2.94. The molecule has 1 saturated heterocycles. The molecular weight excluding hydrogens is 268 g/mol. The summed E-state index contributed by atoms with van der Waals surface area (Å²) in [4.78, 5) is 14.0. The van der Waals surface area contributed by atoms with E-state index in [1.165, 1.54) is 0 Å². The summed E-state index contributed by atoms with van der Waals surface area (Å²) in [6, 6.07) is 6.14. The second-order valence-corrected chi connectivity index (χ2v) is 5.52. The van der Waals surface area contributed by atoms with E-state index in [4.69, 9.17) is 9.47 Å². The summed E-state index contributed by atoms with van der Waals surface area (Å²) in [6.45, 7) is 4.81. The van der Waals surface area contributed by atoms with E-state index in [-0.39, 0.29) is 18.7 Å². The lowest BCUT2D eigenvalue weighted by Gasteiger charge is -2.31. The van der Waals surface area contributed by atoms with Crippen LogP contribution in [0, 0.1) is 0 Å². The molecule has 114 valence electrons. The van der Waals surface area contributed by atoms with E-state index in [9.17, 15) is 4.79 Å². The van der Waals surface area contributed by atoms with Crippen LogP contribution in [0.1, 0.15) is 37.8 Å². The maximum absolute atomic E-state index is 12.0. The molecule has 2 aliphatic heterocycles. The van der Waals surface area contributed by atoms with Crippen molar-refractivity contribution >= 4 is 5.91 Å². The van der Waals surface area contributed by atoms with Crippen LogP contribution in [0.2, 0.25) is 0 Å². The highest BCUT2D eigenvalue weighted by Gasteiger charge is 2.23. The Labute approximate surface area is 125 Å². The molecule has 0 spiro atoms. The molecule has 1 aromatic rings. The van der Waals surface area contributed by atoms with Gasteiger partial charge in [0.2, 0.25) is 12.7 Å². The van der Waals surface area contributed by atoms with Crippen LogP contribution in [0.25, 0.3) is 0 Å². The molecule has 1 fully saturated rings. The van der Waals surface area contributed by atoms with Crippen LogP contribution in [0.3, 0.4) is 0 Å². The summed E-state index contributed by atoms with van der Waals surface area (Å²) in [5, 5.41) is 3.47. The lowest BCUT2D eigenvalue weighted by Crippen LogP contribution is -2.41. The summed E-state index contributed by atoms with van der Waals surface area (Å²) in [5.41, 5.74) is 1.14. The lowest BCUT2D eigenvalue weighted by atomic mass is 10.0. The topological polar surface area (TPSA) is 50.8 Å².